The first kappa shape index (κ1) is 13.4. The monoisotopic (exact) mass is 249 g/mol. The van der Waals surface area contributed by atoms with Gasteiger partial charge in [-0.2, -0.15) is 0 Å². The zero-order valence-electron chi connectivity index (χ0n) is 11.9. The molecule has 1 heterocycles. The molecule has 0 saturated heterocycles. The van der Waals surface area contributed by atoms with Crippen LogP contribution in [0.2, 0.25) is 0 Å². The van der Waals surface area contributed by atoms with Crippen LogP contribution in [0.4, 0.5) is 5.95 Å². The van der Waals surface area contributed by atoms with Crippen molar-refractivity contribution in [1.29, 1.82) is 0 Å². The summed E-state index contributed by atoms with van der Waals surface area (Å²) in [6.07, 6.45) is 12.9. The van der Waals surface area contributed by atoms with E-state index in [1.54, 1.807) is 0 Å². The van der Waals surface area contributed by atoms with Gasteiger partial charge in [0.15, 0.2) is 0 Å². The average Bonchev–Trinajstić information content (AvgIpc) is 3.13. The SMILES string of the molecule is CCCCCCCCNc1nc(C)cn1C1CC1. The highest BCUT2D eigenvalue weighted by Crippen LogP contribution is 2.37. The Morgan fingerprint density at radius 2 is 1.94 bits per heavy atom. The van der Waals surface area contributed by atoms with Crippen molar-refractivity contribution >= 4 is 5.95 Å². The summed E-state index contributed by atoms with van der Waals surface area (Å²) in [4.78, 5) is 4.57. The Hall–Kier alpha value is -0.990. The van der Waals surface area contributed by atoms with Crippen molar-refractivity contribution in [2.75, 3.05) is 11.9 Å². The summed E-state index contributed by atoms with van der Waals surface area (Å²) in [6, 6.07) is 0.721. The molecule has 1 saturated carbocycles. The van der Waals surface area contributed by atoms with Gasteiger partial charge < -0.3 is 9.88 Å². The molecule has 102 valence electrons. The van der Waals surface area contributed by atoms with E-state index in [9.17, 15) is 0 Å². The molecule has 1 aromatic rings. The summed E-state index contributed by atoms with van der Waals surface area (Å²) in [5, 5.41) is 3.50. The molecule has 0 amide bonds. The number of rotatable bonds is 9. The summed E-state index contributed by atoms with van der Waals surface area (Å²) in [7, 11) is 0. The average molecular weight is 249 g/mol. The van der Waals surface area contributed by atoms with Gasteiger partial charge >= 0.3 is 0 Å². The van der Waals surface area contributed by atoms with Crippen molar-refractivity contribution < 1.29 is 0 Å². The van der Waals surface area contributed by atoms with E-state index in [1.807, 2.05) is 0 Å². The second kappa shape index (κ2) is 6.81. The van der Waals surface area contributed by atoms with Crippen LogP contribution in [0.3, 0.4) is 0 Å². The van der Waals surface area contributed by atoms with Gasteiger partial charge in [0.05, 0.1) is 5.69 Å². The Bertz CT molecular complexity index is 353. The molecule has 0 aliphatic heterocycles. The molecule has 0 unspecified atom stereocenters. The van der Waals surface area contributed by atoms with Crippen LogP contribution < -0.4 is 5.32 Å². The van der Waals surface area contributed by atoms with Crippen molar-refractivity contribution in [1.82, 2.24) is 9.55 Å². The Morgan fingerprint density at radius 3 is 2.67 bits per heavy atom. The first-order valence-corrected chi connectivity index (χ1v) is 7.60. The molecule has 1 aliphatic carbocycles. The molecule has 3 heteroatoms. The lowest BCUT2D eigenvalue weighted by molar-refractivity contribution is 0.615. The maximum absolute atomic E-state index is 4.57. The zero-order valence-corrected chi connectivity index (χ0v) is 11.9. The van der Waals surface area contributed by atoms with Crippen molar-refractivity contribution in [2.24, 2.45) is 0 Å². The van der Waals surface area contributed by atoms with Crippen molar-refractivity contribution in [3.05, 3.63) is 11.9 Å². The van der Waals surface area contributed by atoms with Crippen LogP contribution >= 0.6 is 0 Å². The van der Waals surface area contributed by atoms with Crippen LogP contribution in [-0.2, 0) is 0 Å². The molecule has 1 aromatic heterocycles. The Kier molecular flexibility index (Phi) is 5.09. The summed E-state index contributed by atoms with van der Waals surface area (Å²) in [5.74, 6) is 1.09. The number of hydrogen-bond acceptors (Lipinski definition) is 2. The van der Waals surface area contributed by atoms with Gasteiger partial charge in [0.25, 0.3) is 0 Å². The molecule has 0 bridgehead atoms. The minimum atomic E-state index is 0.721. The van der Waals surface area contributed by atoms with Gasteiger partial charge in [0, 0.05) is 18.8 Å². The smallest absolute Gasteiger partial charge is 0.203 e. The van der Waals surface area contributed by atoms with E-state index in [4.69, 9.17) is 0 Å². The van der Waals surface area contributed by atoms with Gasteiger partial charge in [-0.15, -0.1) is 0 Å². The van der Waals surface area contributed by atoms with E-state index in [-0.39, 0.29) is 0 Å². The highest BCUT2D eigenvalue weighted by molar-refractivity contribution is 5.30. The maximum atomic E-state index is 4.57. The van der Waals surface area contributed by atoms with Gasteiger partial charge in [-0.3, -0.25) is 0 Å². The number of aryl methyl sites for hydroxylation is 1. The van der Waals surface area contributed by atoms with Crippen molar-refractivity contribution in [3.8, 4) is 0 Å². The predicted molar refractivity (Wildman–Crippen MR) is 77.1 cm³/mol. The first-order chi connectivity index (χ1) is 8.81. The van der Waals surface area contributed by atoms with Crippen LogP contribution in [-0.4, -0.2) is 16.1 Å². The fourth-order valence-corrected chi connectivity index (χ4v) is 2.38. The van der Waals surface area contributed by atoms with E-state index in [2.05, 4.69) is 34.9 Å². The molecular formula is C15H27N3. The van der Waals surface area contributed by atoms with E-state index < -0.39 is 0 Å². The van der Waals surface area contributed by atoms with Crippen LogP contribution in [0.5, 0.6) is 0 Å². The van der Waals surface area contributed by atoms with Gasteiger partial charge in [-0.05, 0) is 26.2 Å². The summed E-state index contributed by atoms with van der Waals surface area (Å²) in [6.45, 7) is 5.41. The third kappa shape index (κ3) is 4.04. The standard InChI is InChI=1S/C15H27N3/c1-3-4-5-6-7-8-11-16-15-17-13(2)12-18(15)14-9-10-14/h12,14H,3-11H2,1-2H3,(H,16,17). The van der Waals surface area contributed by atoms with Crippen LogP contribution in [0, 0.1) is 6.92 Å². The predicted octanol–water partition coefficient (Wildman–Crippen LogP) is 4.30. The molecule has 0 radical (unpaired) electrons. The van der Waals surface area contributed by atoms with Gasteiger partial charge in [-0.25, -0.2) is 4.98 Å². The molecule has 18 heavy (non-hydrogen) atoms. The van der Waals surface area contributed by atoms with Gasteiger partial charge in [-0.1, -0.05) is 39.0 Å². The molecular weight excluding hydrogens is 222 g/mol. The van der Waals surface area contributed by atoms with Crippen LogP contribution in [0.25, 0.3) is 0 Å². The molecule has 0 aromatic carbocycles. The fourth-order valence-electron chi connectivity index (χ4n) is 2.38. The Balaban J connectivity index is 1.64. The zero-order chi connectivity index (χ0) is 12.8. The van der Waals surface area contributed by atoms with Crippen molar-refractivity contribution in [2.45, 2.75) is 71.3 Å². The molecule has 0 atom stereocenters. The lowest BCUT2D eigenvalue weighted by atomic mass is 10.1. The maximum Gasteiger partial charge on any atom is 0.203 e. The molecule has 1 aliphatic rings. The minimum Gasteiger partial charge on any atom is -0.356 e. The lowest BCUT2D eigenvalue weighted by Gasteiger charge is -2.08. The molecule has 0 spiro atoms. The normalized spacial score (nSPS) is 15.0. The third-order valence-electron chi connectivity index (χ3n) is 3.61. The topological polar surface area (TPSA) is 29.9 Å². The highest BCUT2D eigenvalue weighted by Gasteiger charge is 2.25. The first-order valence-electron chi connectivity index (χ1n) is 7.60. The second-order valence-corrected chi connectivity index (χ2v) is 5.54. The van der Waals surface area contributed by atoms with Crippen molar-refractivity contribution in [3.63, 3.8) is 0 Å². The largest absolute Gasteiger partial charge is 0.356 e. The summed E-state index contributed by atoms with van der Waals surface area (Å²) >= 11 is 0. The minimum absolute atomic E-state index is 0.721. The number of imidazole rings is 1. The number of nitrogens with zero attached hydrogens (tertiary/aromatic N) is 2. The number of unbranched alkanes of at least 4 members (excludes halogenated alkanes) is 5. The van der Waals surface area contributed by atoms with E-state index in [0.717, 1.165) is 24.2 Å². The number of aromatic nitrogens is 2. The molecule has 1 fully saturated rings. The highest BCUT2D eigenvalue weighted by atomic mass is 15.2. The number of anilines is 1. The van der Waals surface area contributed by atoms with Gasteiger partial charge in [0.1, 0.15) is 0 Å². The number of hydrogen-bond donors (Lipinski definition) is 1. The van der Waals surface area contributed by atoms with Crippen LogP contribution in [0.1, 0.15) is 70.0 Å². The van der Waals surface area contributed by atoms with E-state index >= 15 is 0 Å². The van der Waals surface area contributed by atoms with Gasteiger partial charge in [0.2, 0.25) is 5.95 Å². The molecule has 2 rings (SSSR count). The van der Waals surface area contributed by atoms with Crippen LogP contribution in [0.15, 0.2) is 6.20 Å². The summed E-state index contributed by atoms with van der Waals surface area (Å²) in [5.41, 5.74) is 1.13. The van der Waals surface area contributed by atoms with E-state index in [0.29, 0.717) is 0 Å². The lowest BCUT2D eigenvalue weighted by Crippen LogP contribution is -2.07. The summed E-state index contributed by atoms with van der Waals surface area (Å²) < 4.78 is 2.33. The Labute approximate surface area is 111 Å². The quantitative estimate of drug-likeness (QED) is 0.661. The number of nitrogens with one attached hydrogen (secondary N) is 1. The van der Waals surface area contributed by atoms with E-state index in [1.165, 1.54) is 51.4 Å². The molecule has 3 nitrogen and oxygen atoms in total. The fraction of sp³-hybridized carbons (Fsp3) is 0.800. The third-order valence-corrected chi connectivity index (χ3v) is 3.61. The molecule has 1 N–H and O–H groups in total. The second-order valence-electron chi connectivity index (χ2n) is 5.54. The Morgan fingerprint density at radius 1 is 1.22 bits per heavy atom.